The lowest BCUT2D eigenvalue weighted by atomic mass is 9.97. The highest BCUT2D eigenvalue weighted by Gasteiger charge is 2.25. The van der Waals surface area contributed by atoms with Gasteiger partial charge in [-0.15, -0.1) is 11.3 Å². The minimum absolute atomic E-state index is 0.230. The van der Waals surface area contributed by atoms with Crippen LogP contribution in [0.15, 0.2) is 41.8 Å². The first-order chi connectivity index (χ1) is 9.88. The molecule has 1 aromatic carbocycles. The monoisotopic (exact) mass is 304 g/mol. The summed E-state index contributed by atoms with van der Waals surface area (Å²) >= 11 is 1.29. The van der Waals surface area contributed by atoms with Crippen LogP contribution < -0.4 is 9.47 Å². The van der Waals surface area contributed by atoms with Gasteiger partial charge < -0.3 is 9.47 Å². The largest absolute Gasteiger partial charge is 0.422 e. The van der Waals surface area contributed by atoms with E-state index in [1.54, 1.807) is 62.5 Å². The Morgan fingerprint density at radius 3 is 2.10 bits per heavy atom. The smallest absolute Gasteiger partial charge is 0.353 e. The minimum atomic E-state index is -0.634. The number of hydrogen-bond donors (Lipinski definition) is 0. The zero-order valence-corrected chi connectivity index (χ0v) is 12.9. The van der Waals surface area contributed by atoms with Crippen LogP contribution in [0.3, 0.4) is 0 Å². The third-order valence-corrected chi connectivity index (χ3v) is 3.44. The lowest BCUT2D eigenvalue weighted by molar-refractivity contribution is -0.143. The molecule has 0 atom stereocenters. The first-order valence-electron chi connectivity index (χ1n) is 6.45. The van der Waals surface area contributed by atoms with Crippen molar-refractivity contribution in [2.75, 3.05) is 0 Å². The summed E-state index contributed by atoms with van der Waals surface area (Å²) in [6.07, 6.45) is 0. The van der Waals surface area contributed by atoms with Gasteiger partial charge in [-0.3, -0.25) is 4.79 Å². The van der Waals surface area contributed by atoms with Crippen LogP contribution in [-0.4, -0.2) is 11.9 Å². The zero-order valence-electron chi connectivity index (χ0n) is 12.1. The van der Waals surface area contributed by atoms with E-state index < -0.39 is 11.4 Å². The molecule has 0 unspecified atom stereocenters. The molecule has 110 valence electrons. The lowest BCUT2D eigenvalue weighted by Crippen LogP contribution is -2.25. The molecule has 0 saturated carbocycles. The fourth-order valence-electron chi connectivity index (χ4n) is 1.42. The van der Waals surface area contributed by atoms with E-state index in [-0.39, 0.29) is 17.5 Å². The summed E-state index contributed by atoms with van der Waals surface area (Å²) in [5.41, 5.74) is -0.634. The van der Waals surface area contributed by atoms with E-state index in [9.17, 15) is 9.59 Å². The predicted molar refractivity (Wildman–Crippen MR) is 80.8 cm³/mol. The van der Waals surface area contributed by atoms with Crippen molar-refractivity contribution >= 4 is 23.3 Å². The number of carbonyl (C=O) groups excluding carboxylic acids is 2. The number of hydrogen-bond acceptors (Lipinski definition) is 5. The molecule has 0 saturated heterocycles. The topological polar surface area (TPSA) is 52.6 Å². The van der Waals surface area contributed by atoms with E-state index in [0.29, 0.717) is 4.88 Å². The maximum Gasteiger partial charge on any atom is 0.353 e. The number of benzene rings is 1. The number of rotatable bonds is 3. The van der Waals surface area contributed by atoms with E-state index in [1.165, 1.54) is 11.3 Å². The van der Waals surface area contributed by atoms with Crippen molar-refractivity contribution in [3.05, 3.63) is 46.7 Å². The molecule has 0 radical (unpaired) electrons. The number of thiophene rings is 1. The maximum absolute atomic E-state index is 12.0. The average molecular weight is 304 g/mol. The maximum atomic E-state index is 12.0. The van der Waals surface area contributed by atoms with E-state index in [1.807, 2.05) is 0 Å². The predicted octanol–water partition coefficient (Wildman–Crippen LogP) is 3.92. The van der Waals surface area contributed by atoms with Crippen molar-refractivity contribution in [3.8, 4) is 11.5 Å². The summed E-state index contributed by atoms with van der Waals surface area (Å²) in [5, 5.41) is 1.79. The Balaban J connectivity index is 2.17. The highest BCUT2D eigenvalue weighted by atomic mass is 32.1. The van der Waals surface area contributed by atoms with E-state index in [0.717, 1.165) is 0 Å². The van der Waals surface area contributed by atoms with Crippen molar-refractivity contribution in [1.82, 2.24) is 0 Å². The van der Waals surface area contributed by atoms with Crippen LogP contribution in [0.4, 0.5) is 0 Å². The van der Waals surface area contributed by atoms with Gasteiger partial charge >= 0.3 is 11.9 Å². The van der Waals surface area contributed by atoms with Crippen molar-refractivity contribution in [2.24, 2.45) is 5.41 Å². The van der Waals surface area contributed by atoms with Crippen LogP contribution >= 0.6 is 11.3 Å². The van der Waals surface area contributed by atoms with Gasteiger partial charge in [-0.05, 0) is 44.4 Å². The van der Waals surface area contributed by atoms with Crippen molar-refractivity contribution < 1.29 is 19.1 Å². The number of ether oxygens (including phenoxy) is 2. The van der Waals surface area contributed by atoms with Gasteiger partial charge in [-0.25, -0.2) is 4.79 Å². The number of esters is 2. The van der Waals surface area contributed by atoms with Crippen molar-refractivity contribution in [3.63, 3.8) is 0 Å². The molecular weight excluding hydrogens is 288 g/mol. The van der Waals surface area contributed by atoms with Crippen LogP contribution in [0.1, 0.15) is 30.4 Å². The van der Waals surface area contributed by atoms with Gasteiger partial charge in [0, 0.05) is 0 Å². The molecule has 1 heterocycles. The third-order valence-electron chi connectivity index (χ3n) is 2.59. The molecule has 0 aliphatic heterocycles. The van der Waals surface area contributed by atoms with Crippen molar-refractivity contribution in [2.45, 2.75) is 20.8 Å². The summed E-state index contributed by atoms with van der Waals surface area (Å²) < 4.78 is 10.6. The molecule has 0 aliphatic rings. The van der Waals surface area contributed by atoms with Gasteiger partial charge in [0.25, 0.3) is 0 Å². The molecule has 0 bridgehead atoms. The normalized spacial score (nSPS) is 11.0. The molecule has 1 aromatic heterocycles. The van der Waals surface area contributed by atoms with Crippen LogP contribution in [0, 0.1) is 5.41 Å². The fourth-order valence-corrected chi connectivity index (χ4v) is 2.02. The summed E-state index contributed by atoms with van der Waals surface area (Å²) in [7, 11) is 0. The van der Waals surface area contributed by atoms with Crippen molar-refractivity contribution in [1.29, 1.82) is 0 Å². The Morgan fingerprint density at radius 2 is 1.57 bits per heavy atom. The highest BCUT2D eigenvalue weighted by molar-refractivity contribution is 7.12. The quantitative estimate of drug-likeness (QED) is 0.637. The van der Waals surface area contributed by atoms with Crippen LogP contribution in [0.2, 0.25) is 0 Å². The minimum Gasteiger partial charge on any atom is -0.422 e. The second-order valence-corrected chi connectivity index (χ2v) is 6.40. The first kappa shape index (κ1) is 15.3. The average Bonchev–Trinajstić information content (AvgIpc) is 2.93. The molecule has 0 fully saturated rings. The van der Waals surface area contributed by atoms with Crippen LogP contribution in [0.25, 0.3) is 0 Å². The Labute approximate surface area is 127 Å². The summed E-state index contributed by atoms with van der Waals surface area (Å²) in [6, 6.07) is 10.1. The fraction of sp³-hybridized carbons (Fsp3) is 0.250. The molecule has 2 aromatic rings. The molecule has 2 rings (SSSR count). The molecular formula is C16H16O4S. The number of carbonyl (C=O) groups is 2. The SMILES string of the molecule is CC(C)(C)C(=O)Oc1ccccc1OC(=O)c1cccs1. The van der Waals surface area contributed by atoms with Crippen LogP contribution in [-0.2, 0) is 4.79 Å². The van der Waals surface area contributed by atoms with E-state index >= 15 is 0 Å². The second kappa shape index (κ2) is 6.10. The second-order valence-electron chi connectivity index (χ2n) is 5.45. The van der Waals surface area contributed by atoms with Gasteiger partial charge in [0.1, 0.15) is 4.88 Å². The van der Waals surface area contributed by atoms with Crippen LogP contribution in [0.5, 0.6) is 11.5 Å². The summed E-state index contributed by atoms with van der Waals surface area (Å²) in [6.45, 7) is 5.28. The van der Waals surface area contributed by atoms with E-state index in [4.69, 9.17) is 9.47 Å². The Hall–Kier alpha value is -2.14. The Kier molecular flexibility index (Phi) is 4.43. The van der Waals surface area contributed by atoms with Gasteiger partial charge in [-0.1, -0.05) is 18.2 Å². The highest BCUT2D eigenvalue weighted by Crippen LogP contribution is 2.30. The summed E-state index contributed by atoms with van der Waals surface area (Å²) in [5.74, 6) is -0.387. The molecule has 4 nitrogen and oxygen atoms in total. The molecule has 21 heavy (non-hydrogen) atoms. The van der Waals surface area contributed by atoms with Gasteiger partial charge in [0.2, 0.25) is 0 Å². The first-order valence-corrected chi connectivity index (χ1v) is 7.33. The lowest BCUT2D eigenvalue weighted by Gasteiger charge is -2.17. The van der Waals surface area contributed by atoms with Gasteiger partial charge in [0.05, 0.1) is 5.41 Å². The Bertz CT molecular complexity index is 639. The van der Waals surface area contributed by atoms with Gasteiger partial charge in [0.15, 0.2) is 11.5 Å². The molecule has 0 aliphatic carbocycles. The molecule has 5 heteroatoms. The molecule has 0 spiro atoms. The molecule has 0 amide bonds. The Morgan fingerprint density at radius 1 is 0.952 bits per heavy atom. The number of para-hydroxylation sites is 2. The van der Waals surface area contributed by atoms with E-state index in [2.05, 4.69) is 0 Å². The van der Waals surface area contributed by atoms with Gasteiger partial charge in [-0.2, -0.15) is 0 Å². The third kappa shape index (κ3) is 3.92. The molecule has 0 N–H and O–H groups in total. The summed E-state index contributed by atoms with van der Waals surface area (Å²) in [4.78, 5) is 24.4. The standard InChI is InChI=1S/C16H16O4S/c1-16(2,3)15(18)20-12-8-5-4-7-11(12)19-14(17)13-9-6-10-21-13/h4-10H,1-3H3. The zero-order chi connectivity index (χ0) is 15.5.